The second-order valence-electron chi connectivity index (χ2n) is 5.00. The fourth-order valence-corrected chi connectivity index (χ4v) is 2.26. The molecule has 0 aliphatic rings. The molecule has 0 aliphatic carbocycles. The summed E-state index contributed by atoms with van der Waals surface area (Å²) in [6.07, 6.45) is 3.82. The van der Waals surface area contributed by atoms with Crippen molar-refractivity contribution in [2.45, 2.75) is 19.8 Å². The highest BCUT2D eigenvalue weighted by Gasteiger charge is 2.05. The summed E-state index contributed by atoms with van der Waals surface area (Å²) in [7, 11) is 0. The van der Waals surface area contributed by atoms with Crippen molar-refractivity contribution in [1.82, 2.24) is 20.2 Å². The van der Waals surface area contributed by atoms with Crippen LogP contribution in [0.4, 0.5) is 11.6 Å². The Kier molecular flexibility index (Phi) is 3.68. The summed E-state index contributed by atoms with van der Waals surface area (Å²) in [5.41, 5.74) is 9.97. The summed E-state index contributed by atoms with van der Waals surface area (Å²) in [6.45, 7) is 2.82. The van der Waals surface area contributed by atoms with Crippen molar-refractivity contribution in [3.8, 4) is 0 Å². The molecule has 3 rings (SSSR count). The number of fused-ring (bicyclic) bond motifs is 1. The van der Waals surface area contributed by atoms with Gasteiger partial charge in [-0.2, -0.15) is 5.10 Å². The SMILES string of the molecule is Cc1[nH]ncc1CCCNc1nc2ccccc2nc1N. The Bertz CT molecular complexity index is 749. The predicted octanol–water partition coefficient (Wildman–Crippen LogP) is 2.29. The van der Waals surface area contributed by atoms with Crippen LogP contribution in [0.2, 0.25) is 0 Å². The van der Waals surface area contributed by atoms with Gasteiger partial charge in [-0.05, 0) is 37.5 Å². The zero-order valence-corrected chi connectivity index (χ0v) is 11.9. The van der Waals surface area contributed by atoms with E-state index >= 15 is 0 Å². The lowest BCUT2D eigenvalue weighted by Gasteiger charge is -2.08. The van der Waals surface area contributed by atoms with Gasteiger partial charge in [0, 0.05) is 12.2 Å². The molecular formula is C15H18N6. The average molecular weight is 282 g/mol. The molecule has 0 unspecified atom stereocenters. The lowest BCUT2D eigenvalue weighted by atomic mass is 10.1. The molecule has 3 aromatic rings. The van der Waals surface area contributed by atoms with Crippen LogP contribution in [0.3, 0.4) is 0 Å². The highest BCUT2D eigenvalue weighted by molar-refractivity contribution is 5.79. The molecule has 6 nitrogen and oxygen atoms in total. The Labute approximate surface area is 122 Å². The Morgan fingerprint density at radius 3 is 2.67 bits per heavy atom. The molecule has 2 aromatic heterocycles. The minimum absolute atomic E-state index is 0.438. The number of aromatic nitrogens is 4. The number of anilines is 2. The van der Waals surface area contributed by atoms with E-state index in [1.165, 1.54) is 5.56 Å². The van der Waals surface area contributed by atoms with Crippen molar-refractivity contribution >= 4 is 22.7 Å². The van der Waals surface area contributed by atoms with Gasteiger partial charge in [0.05, 0.1) is 17.2 Å². The first kappa shape index (κ1) is 13.4. The van der Waals surface area contributed by atoms with Crippen molar-refractivity contribution < 1.29 is 0 Å². The summed E-state index contributed by atoms with van der Waals surface area (Å²) < 4.78 is 0. The molecule has 0 atom stereocenters. The number of aromatic amines is 1. The summed E-state index contributed by atoms with van der Waals surface area (Å²) >= 11 is 0. The largest absolute Gasteiger partial charge is 0.381 e. The first-order chi connectivity index (χ1) is 10.2. The number of nitrogen functional groups attached to an aromatic ring is 1. The number of nitrogens with two attached hydrogens (primary N) is 1. The lowest BCUT2D eigenvalue weighted by molar-refractivity contribution is 0.854. The van der Waals surface area contributed by atoms with Crippen LogP contribution >= 0.6 is 0 Å². The molecule has 1 aromatic carbocycles. The molecule has 0 aliphatic heterocycles. The van der Waals surface area contributed by atoms with Crippen molar-refractivity contribution in [1.29, 1.82) is 0 Å². The van der Waals surface area contributed by atoms with Crippen LogP contribution in [0, 0.1) is 6.92 Å². The van der Waals surface area contributed by atoms with E-state index in [1.807, 2.05) is 37.4 Å². The van der Waals surface area contributed by atoms with Gasteiger partial charge in [-0.1, -0.05) is 12.1 Å². The average Bonchev–Trinajstić information content (AvgIpc) is 2.89. The summed E-state index contributed by atoms with van der Waals surface area (Å²) in [4.78, 5) is 8.87. The van der Waals surface area contributed by atoms with Gasteiger partial charge in [-0.25, -0.2) is 9.97 Å². The number of nitrogens with one attached hydrogen (secondary N) is 2. The Morgan fingerprint density at radius 2 is 1.95 bits per heavy atom. The van der Waals surface area contributed by atoms with Crippen LogP contribution in [0.15, 0.2) is 30.5 Å². The van der Waals surface area contributed by atoms with Gasteiger partial charge in [-0.15, -0.1) is 0 Å². The van der Waals surface area contributed by atoms with Crippen LogP contribution in [-0.2, 0) is 6.42 Å². The van der Waals surface area contributed by atoms with E-state index in [4.69, 9.17) is 5.73 Å². The fourth-order valence-electron chi connectivity index (χ4n) is 2.26. The highest BCUT2D eigenvalue weighted by atomic mass is 15.1. The van der Waals surface area contributed by atoms with Gasteiger partial charge in [0.15, 0.2) is 11.6 Å². The van der Waals surface area contributed by atoms with Crippen molar-refractivity contribution in [2.24, 2.45) is 0 Å². The Balaban J connectivity index is 1.62. The maximum Gasteiger partial charge on any atom is 0.169 e. The zero-order chi connectivity index (χ0) is 14.7. The van der Waals surface area contributed by atoms with E-state index in [0.29, 0.717) is 11.6 Å². The molecule has 21 heavy (non-hydrogen) atoms. The predicted molar refractivity (Wildman–Crippen MR) is 84.1 cm³/mol. The molecule has 0 bridgehead atoms. The molecule has 0 amide bonds. The molecule has 0 radical (unpaired) electrons. The summed E-state index contributed by atoms with van der Waals surface area (Å²) in [6, 6.07) is 7.71. The first-order valence-electron chi connectivity index (χ1n) is 6.99. The molecule has 0 spiro atoms. The molecule has 6 heteroatoms. The second-order valence-corrected chi connectivity index (χ2v) is 5.00. The number of rotatable bonds is 5. The van der Waals surface area contributed by atoms with E-state index in [9.17, 15) is 0 Å². The van der Waals surface area contributed by atoms with Gasteiger partial charge >= 0.3 is 0 Å². The Hall–Kier alpha value is -2.63. The molecule has 2 heterocycles. The third-order valence-electron chi connectivity index (χ3n) is 3.45. The number of hydrogen-bond donors (Lipinski definition) is 3. The number of nitrogens with zero attached hydrogens (tertiary/aromatic N) is 3. The topological polar surface area (TPSA) is 92.5 Å². The van der Waals surface area contributed by atoms with Gasteiger partial charge in [0.2, 0.25) is 0 Å². The van der Waals surface area contributed by atoms with Gasteiger partial charge in [-0.3, -0.25) is 5.10 Å². The zero-order valence-electron chi connectivity index (χ0n) is 11.9. The van der Waals surface area contributed by atoms with E-state index < -0.39 is 0 Å². The first-order valence-corrected chi connectivity index (χ1v) is 6.99. The number of hydrogen-bond acceptors (Lipinski definition) is 5. The third-order valence-corrected chi connectivity index (χ3v) is 3.45. The summed E-state index contributed by atoms with van der Waals surface area (Å²) in [5, 5.41) is 10.2. The maximum atomic E-state index is 5.94. The van der Waals surface area contributed by atoms with Crippen LogP contribution in [0.25, 0.3) is 11.0 Å². The minimum Gasteiger partial charge on any atom is -0.381 e. The molecule has 0 saturated heterocycles. The lowest BCUT2D eigenvalue weighted by Crippen LogP contribution is -2.08. The monoisotopic (exact) mass is 282 g/mol. The number of benzene rings is 1. The van der Waals surface area contributed by atoms with E-state index in [1.54, 1.807) is 0 Å². The normalized spacial score (nSPS) is 10.9. The van der Waals surface area contributed by atoms with Crippen molar-refractivity contribution in [3.63, 3.8) is 0 Å². The van der Waals surface area contributed by atoms with Crippen molar-refractivity contribution in [2.75, 3.05) is 17.6 Å². The van der Waals surface area contributed by atoms with Gasteiger partial charge in [0.25, 0.3) is 0 Å². The van der Waals surface area contributed by atoms with Gasteiger partial charge < -0.3 is 11.1 Å². The quantitative estimate of drug-likeness (QED) is 0.624. The highest BCUT2D eigenvalue weighted by Crippen LogP contribution is 2.18. The van der Waals surface area contributed by atoms with Gasteiger partial charge in [0.1, 0.15) is 0 Å². The van der Waals surface area contributed by atoms with Crippen LogP contribution in [0.5, 0.6) is 0 Å². The van der Waals surface area contributed by atoms with E-state index in [2.05, 4.69) is 25.5 Å². The van der Waals surface area contributed by atoms with E-state index in [0.717, 1.165) is 36.1 Å². The number of H-pyrrole nitrogens is 1. The van der Waals surface area contributed by atoms with Crippen LogP contribution < -0.4 is 11.1 Å². The molecular weight excluding hydrogens is 264 g/mol. The summed E-state index contributed by atoms with van der Waals surface area (Å²) in [5.74, 6) is 1.09. The van der Waals surface area contributed by atoms with Crippen LogP contribution in [0.1, 0.15) is 17.7 Å². The van der Waals surface area contributed by atoms with Crippen LogP contribution in [-0.4, -0.2) is 26.7 Å². The number of para-hydroxylation sites is 2. The third kappa shape index (κ3) is 2.94. The molecule has 0 saturated carbocycles. The molecule has 108 valence electrons. The Morgan fingerprint density at radius 1 is 1.19 bits per heavy atom. The van der Waals surface area contributed by atoms with E-state index in [-0.39, 0.29) is 0 Å². The second kappa shape index (κ2) is 5.78. The maximum absolute atomic E-state index is 5.94. The smallest absolute Gasteiger partial charge is 0.169 e. The molecule has 4 N–H and O–H groups in total. The van der Waals surface area contributed by atoms with Crippen molar-refractivity contribution in [3.05, 3.63) is 41.7 Å². The standard InChI is InChI=1S/C15H18N6/c1-10-11(9-18-21-10)5-4-8-17-15-14(16)19-12-6-2-3-7-13(12)20-15/h2-3,6-7,9H,4-5,8H2,1H3,(H2,16,19)(H,17,20)(H,18,21). The minimum atomic E-state index is 0.438. The number of aryl methyl sites for hydroxylation is 2. The molecule has 0 fully saturated rings. The fraction of sp³-hybridized carbons (Fsp3) is 0.267.